The third kappa shape index (κ3) is 4.35. The second-order valence-electron chi connectivity index (χ2n) is 6.01. The largest absolute Gasteiger partial charge is 0.495 e. The summed E-state index contributed by atoms with van der Waals surface area (Å²) in [6.07, 6.45) is 2.91. The monoisotopic (exact) mass is 382 g/mol. The van der Waals surface area contributed by atoms with E-state index in [1.807, 2.05) is 38.1 Å². The summed E-state index contributed by atoms with van der Waals surface area (Å²) in [6.45, 7) is 3.94. The van der Waals surface area contributed by atoms with Gasteiger partial charge >= 0.3 is 0 Å². The van der Waals surface area contributed by atoms with Gasteiger partial charge in [0.15, 0.2) is 0 Å². The van der Waals surface area contributed by atoms with Crippen LogP contribution in [-0.4, -0.2) is 23.0 Å². The van der Waals surface area contributed by atoms with Crippen LogP contribution < -0.4 is 15.4 Å². The summed E-state index contributed by atoms with van der Waals surface area (Å²) in [7, 11) is 1.55. The predicted octanol–water partition coefficient (Wildman–Crippen LogP) is 4.75. The first-order valence-corrected chi connectivity index (χ1v) is 8.66. The number of methoxy groups -OCH3 is 1. The van der Waals surface area contributed by atoms with Crippen molar-refractivity contribution in [2.75, 3.05) is 17.7 Å². The molecule has 0 aliphatic carbocycles. The molecule has 0 aliphatic heterocycles. The van der Waals surface area contributed by atoms with Gasteiger partial charge in [0.25, 0.3) is 5.91 Å². The van der Waals surface area contributed by atoms with Crippen LogP contribution in [0.5, 0.6) is 5.75 Å². The maximum absolute atomic E-state index is 12.4. The highest BCUT2D eigenvalue weighted by Crippen LogP contribution is 2.29. The number of nitrogens with zero attached hydrogens (tertiary/aromatic N) is 2. The lowest BCUT2D eigenvalue weighted by Crippen LogP contribution is -2.13. The van der Waals surface area contributed by atoms with E-state index in [0.29, 0.717) is 28.0 Å². The van der Waals surface area contributed by atoms with E-state index >= 15 is 0 Å². The number of amides is 1. The van der Waals surface area contributed by atoms with Gasteiger partial charge in [0.05, 0.1) is 29.1 Å². The number of benzene rings is 2. The number of hydrogen-bond donors (Lipinski definition) is 2. The first-order valence-electron chi connectivity index (χ1n) is 8.28. The van der Waals surface area contributed by atoms with Gasteiger partial charge in [-0.2, -0.15) is 0 Å². The number of nitrogens with one attached hydrogen (secondary N) is 2. The Hall–Kier alpha value is -3.12. The van der Waals surface area contributed by atoms with Crippen molar-refractivity contribution >= 4 is 34.8 Å². The lowest BCUT2D eigenvalue weighted by atomic mass is 10.1. The van der Waals surface area contributed by atoms with E-state index in [9.17, 15) is 4.79 Å². The Balaban J connectivity index is 1.75. The highest BCUT2D eigenvalue weighted by atomic mass is 35.5. The van der Waals surface area contributed by atoms with Crippen molar-refractivity contribution in [1.82, 2.24) is 9.97 Å². The summed E-state index contributed by atoms with van der Waals surface area (Å²) in [5.74, 6) is 0.614. The molecule has 7 heteroatoms. The minimum Gasteiger partial charge on any atom is -0.495 e. The van der Waals surface area contributed by atoms with Crippen molar-refractivity contribution in [3.8, 4) is 5.75 Å². The van der Waals surface area contributed by atoms with Gasteiger partial charge < -0.3 is 15.4 Å². The minimum atomic E-state index is -0.324. The summed E-state index contributed by atoms with van der Waals surface area (Å²) >= 11 is 6.29. The molecule has 0 atom stereocenters. The third-order valence-electron chi connectivity index (χ3n) is 3.94. The topological polar surface area (TPSA) is 76.1 Å². The number of para-hydroxylation sites is 2. The van der Waals surface area contributed by atoms with Gasteiger partial charge in [-0.05, 0) is 43.2 Å². The number of carbonyl (C=O) groups is 1. The Morgan fingerprint density at radius 2 is 1.81 bits per heavy atom. The molecule has 27 heavy (non-hydrogen) atoms. The van der Waals surface area contributed by atoms with Crippen LogP contribution in [0.2, 0.25) is 5.02 Å². The second-order valence-corrected chi connectivity index (χ2v) is 6.42. The van der Waals surface area contributed by atoms with Gasteiger partial charge in [-0.3, -0.25) is 4.79 Å². The molecule has 0 fully saturated rings. The number of carbonyl (C=O) groups excluding carboxylic acids is 1. The van der Waals surface area contributed by atoms with E-state index in [1.54, 1.807) is 19.2 Å². The molecule has 0 unspecified atom stereocenters. The molecule has 138 valence electrons. The fraction of sp³-hybridized carbons (Fsp3) is 0.150. The first-order chi connectivity index (χ1) is 13.0. The van der Waals surface area contributed by atoms with E-state index < -0.39 is 0 Å². The van der Waals surface area contributed by atoms with Gasteiger partial charge in [0.1, 0.15) is 5.75 Å². The Morgan fingerprint density at radius 1 is 1.11 bits per heavy atom. The molecule has 0 saturated heterocycles. The number of halogens is 1. The number of hydrogen-bond acceptors (Lipinski definition) is 5. The Morgan fingerprint density at radius 3 is 2.48 bits per heavy atom. The molecule has 1 aromatic heterocycles. The van der Waals surface area contributed by atoms with Crippen LogP contribution in [0.15, 0.2) is 48.8 Å². The van der Waals surface area contributed by atoms with Crippen LogP contribution >= 0.6 is 11.6 Å². The zero-order valence-corrected chi connectivity index (χ0v) is 16.0. The van der Waals surface area contributed by atoms with Gasteiger partial charge in [-0.25, -0.2) is 9.97 Å². The highest BCUT2D eigenvalue weighted by Gasteiger charge is 2.12. The van der Waals surface area contributed by atoms with Crippen LogP contribution in [0.25, 0.3) is 0 Å². The van der Waals surface area contributed by atoms with Crippen molar-refractivity contribution in [3.63, 3.8) is 0 Å². The van der Waals surface area contributed by atoms with E-state index in [1.165, 1.54) is 12.4 Å². The summed E-state index contributed by atoms with van der Waals surface area (Å²) in [4.78, 5) is 20.8. The molecule has 3 rings (SSSR count). The van der Waals surface area contributed by atoms with Gasteiger partial charge in [0, 0.05) is 12.4 Å². The maximum Gasteiger partial charge on any atom is 0.258 e. The molecule has 0 spiro atoms. The molecule has 0 aliphatic rings. The molecule has 0 bridgehead atoms. The molecular weight excluding hydrogens is 364 g/mol. The molecule has 3 aromatic rings. The quantitative estimate of drug-likeness (QED) is 0.665. The van der Waals surface area contributed by atoms with Gasteiger partial charge in [-0.1, -0.05) is 29.8 Å². The van der Waals surface area contributed by atoms with E-state index in [-0.39, 0.29) is 5.91 Å². The molecular formula is C20H19ClN4O2. The average Bonchev–Trinajstić information content (AvgIpc) is 2.65. The van der Waals surface area contributed by atoms with Crippen molar-refractivity contribution in [3.05, 3.63) is 70.5 Å². The average molecular weight is 383 g/mol. The number of aromatic nitrogens is 2. The summed E-state index contributed by atoms with van der Waals surface area (Å²) < 4.78 is 5.23. The van der Waals surface area contributed by atoms with Crippen LogP contribution in [-0.2, 0) is 0 Å². The highest BCUT2D eigenvalue weighted by molar-refractivity contribution is 6.33. The molecule has 1 amide bonds. The molecule has 6 nitrogen and oxygen atoms in total. The fourth-order valence-corrected chi connectivity index (χ4v) is 3.01. The predicted molar refractivity (Wildman–Crippen MR) is 107 cm³/mol. The SMILES string of the molecule is COc1ccccc1NC(=O)c1cnc(Nc2c(C)cc(C)cc2Cl)nc1. The Labute approximate surface area is 162 Å². The molecule has 0 radical (unpaired) electrons. The number of aryl methyl sites for hydroxylation is 2. The van der Waals surface area contributed by atoms with Crippen molar-refractivity contribution in [2.24, 2.45) is 0 Å². The van der Waals surface area contributed by atoms with Crippen LogP contribution in [0.1, 0.15) is 21.5 Å². The van der Waals surface area contributed by atoms with Crippen molar-refractivity contribution < 1.29 is 9.53 Å². The first kappa shape index (κ1) is 18.7. The van der Waals surface area contributed by atoms with E-state index in [0.717, 1.165) is 16.8 Å². The normalized spacial score (nSPS) is 10.4. The fourth-order valence-electron chi connectivity index (χ4n) is 2.64. The van der Waals surface area contributed by atoms with Crippen LogP contribution in [0.3, 0.4) is 0 Å². The summed E-state index contributed by atoms with van der Waals surface area (Å²) in [6, 6.07) is 11.1. The second kappa shape index (κ2) is 8.05. The van der Waals surface area contributed by atoms with Gasteiger partial charge in [-0.15, -0.1) is 0 Å². The van der Waals surface area contributed by atoms with E-state index in [2.05, 4.69) is 20.6 Å². The van der Waals surface area contributed by atoms with Crippen LogP contribution in [0.4, 0.5) is 17.3 Å². The van der Waals surface area contributed by atoms with Crippen molar-refractivity contribution in [2.45, 2.75) is 13.8 Å². The van der Waals surface area contributed by atoms with Crippen molar-refractivity contribution in [1.29, 1.82) is 0 Å². The third-order valence-corrected chi connectivity index (χ3v) is 4.24. The number of anilines is 3. The maximum atomic E-state index is 12.4. The van der Waals surface area contributed by atoms with E-state index in [4.69, 9.17) is 16.3 Å². The molecule has 2 aromatic carbocycles. The van der Waals surface area contributed by atoms with Gasteiger partial charge in [0.2, 0.25) is 5.95 Å². The Bertz CT molecular complexity index is 951. The summed E-state index contributed by atoms with van der Waals surface area (Å²) in [5.41, 5.74) is 3.72. The van der Waals surface area contributed by atoms with Crippen LogP contribution in [0, 0.1) is 13.8 Å². The zero-order chi connectivity index (χ0) is 19.4. The molecule has 1 heterocycles. The standard InChI is InChI=1S/C20H19ClN4O2/c1-12-8-13(2)18(15(21)9-12)25-20-22-10-14(11-23-20)19(26)24-16-6-4-5-7-17(16)27-3/h4-11H,1-3H3,(H,24,26)(H,22,23,25). The smallest absolute Gasteiger partial charge is 0.258 e. The summed E-state index contributed by atoms with van der Waals surface area (Å²) in [5, 5.41) is 6.47. The Kier molecular flexibility index (Phi) is 5.57. The molecule has 2 N–H and O–H groups in total. The number of ether oxygens (including phenoxy) is 1. The lowest BCUT2D eigenvalue weighted by molar-refractivity contribution is 0.102. The zero-order valence-electron chi connectivity index (χ0n) is 15.2. The lowest BCUT2D eigenvalue weighted by Gasteiger charge is -2.12. The number of rotatable bonds is 5. The minimum absolute atomic E-state index is 0.324. The molecule has 0 saturated carbocycles.